The Bertz CT molecular complexity index is 4510. The molecule has 0 spiro atoms. The van der Waals surface area contributed by atoms with Crippen LogP contribution in [0.25, 0.3) is 0 Å². The van der Waals surface area contributed by atoms with E-state index in [-0.39, 0.29) is 123 Å². The van der Waals surface area contributed by atoms with Gasteiger partial charge in [-0.15, -0.1) is 0 Å². The Labute approximate surface area is 875 Å². The Balaban J connectivity index is 0.000000297. The van der Waals surface area contributed by atoms with E-state index in [1.165, 1.54) is 51.9 Å². The highest BCUT2D eigenvalue weighted by Crippen LogP contribution is 2.53. The summed E-state index contributed by atoms with van der Waals surface area (Å²) in [6, 6.07) is 7.51. The Morgan fingerprint density at radius 3 is 1.01 bits per heavy atom. The summed E-state index contributed by atoms with van der Waals surface area (Å²) >= 11 is 0. The van der Waals surface area contributed by atoms with Gasteiger partial charge in [-0.2, -0.15) is 0 Å². The highest BCUT2D eigenvalue weighted by Gasteiger charge is 2.55. The van der Waals surface area contributed by atoms with Crippen LogP contribution in [0.4, 0.5) is 0 Å². The topological polar surface area (TPSA) is 396 Å². The quantitative estimate of drug-likeness (QED) is 0.0358. The molecule has 12 rings (SSSR count). The number of aliphatic hydroxyl groups is 2. The summed E-state index contributed by atoms with van der Waals surface area (Å²) in [5.74, 6) is -0.416. The summed E-state index contributed by atoms with van der Waals surface area (Å²) in [6.07, 6.45) is 33.7. The highest BCUT2D eigenvalue weighted by atomic mass is 16.6. The molecule has 32 nitrogen and oxygen atoms in total. The maximum atomic E-state index is 12.6. The average molecular weight is 2070 g/mol. The van der Waals surface area contributed by atoms with Crippen molar-refractivity contribution < 1.29 is 152 Å². The van der Waals surface area contributed by atoms with E-state index in [0.717, 1.165) is 166 Å². The molecule has 8 heterocycles. The number of ether oxygens (including phenoxy) is 19. The van der Waals surface area contributed by atoms with E-state index in [1.54, 1.807) is 123 Å². The second-order valence-corrected chi connectivity index (χ2v) is 43.3. The molecule has 32 heteroatoms. The summed E-state index contributed by atoms with van der Waals surface area (Å²) in [7, 11) is 6.62. The molecule has 12 atom stereocenters. The normalized spacial score (nSPS) is 23.7. The van der Waals surface area contributed by atoms with Crippen LogP contribution in [0.2, 0.25) is 0 Å². The van der Waals surface area contributed by atoms with Crippen molar-refractivity contribution in [2.24, 2.45) is 11.8 Å². The first-order chi connectivity index (χ1) is 69.1. The minimum atomic E-state index is -0.817. The molecule has 4 saturated carbocycles. The number of rotatable bonds is 38. The Hall–Kier alpha value is -8.77. The van der Waals surface area contributed by atoms with E-state index >= 15 is 0 Å². The molecule has 10 aliphatic rings. The van der Waals surface area contributed by atoms with Crippen molar-refractivity contribution in [3.8, 4) is 0 Å². The fourth-order valence-electron chi connectivity index (χ4n) is 19.8. The highest BCUT2D eigenvalue weighted by molar-refractivity contribution is 5.90. The van der Waals surface area contributed by atoms with Crippen LogP contribution in [0.3, 0.4) is 0 Å². The Morgan fingerprint density at radius 2 is 0.680 bits per heavy atom. The first kappa shape index (κ1) is 129. The predicted octanol–water partition coefficient (Wildman–Crippen LogP) is 20.7. The summed E-state index contributed by atoms with van der Waals surface area (Å²) in [5, 5.41) is 17.9. The molecule has 0 radical (unpaired) electrons. The van der Waals surface area contributed by atoms with Gasteiger partial charge in [0.05, 0.1) is 113 Å². The first-order valence-corrected chi connectivity index (χ1v) is 52.5. The van der Waals surface area contributed by atoms with E-state index in [0.29, 0.717) is 88.8 Å². The van der Waals surface area contributed by atoms with Crippen molar-refractivity contribution in [3.05, 3.63) is 146 Å². The lowest BCUT2D eigenvalue weighted by molar-refractivity contribution is -0.184. The molecule has 2 aromatic heterocycles. The van der Waals surface area contributed by atoms with Gasteiger partial charge < -0.3 is 109 Å². The second kappa shape index (κ2) is 61.7. The molecule has 12 unspecified atom stereocenters. The van der Waals surface area contributed by atoms with E-state index in [1.807, 2.05) is 53.7 Å². The third kappa shape index (κ3) is 41.1. The van der Waals surface area contributed by atoms with Crippen LogP contribution in [0.5, 0.6) is 0 Å². The van der Waals surface area contributed by atoms with E-state index < -0.39 is 68.7 Å². The zero-order valence-electron chi connectivity index (χ0n) is 92.7. The van der Waals surface area contributed by atoms with Crippen molar-refractivity contribution in [1.82, 2.24) is 0 Å². The molecule has 0 aromatic carbocycles. The lowest BCUT2D eigenvalue weighted by Crippen LogP contribution is -2.48. The van der Waals surface area contributed by atoms with Gasteiger partial charge in [0.1, 0.15) is 64.1 Å². The van der Waals surface area contributed by atoms with Gasteiger partial charge >= 0.3 is 53.7 Å². The molecule has 0 amide bonds. The number of furan rings is 2. The predicted molar refractivity (Wildman–Crippen MR) is 556 cm³/mol. The van der Waals surface area contributed by atoms with Crippen LogP contribution < -0.4 is 0 Å². The van der Waals surface area contributed by atoms with Crippen molar-refractivity contribution in [3.63, 3.8) is 0 Å². The first-order valence-electron chi connectivity index (χ1n) is 52.5. The molecule has 147 heavy (non-hydrogen) atoms. The lowest BCUT2D eigenvalue weighted by atomic mass is 9.65. The van der Waals surface area contributed by atoms with Crippen LogP contribution in [0.15, 0.2) is 137 Å². The molecular formula is C115H180O32. The third-order valence-electron chi connectivity index (χ3n) is 28.1. The lowest BCUT2D eigenvalue weighted by Gasteiger charge is -2.47. The zero-order chi connectivity index (χ0) is 110. The van der Waals surface area contributed by atoms with Gasteiger partial charge in [-0.25, -0.2) is 38.4 Å². The van der Waals surface area contributed by atoms with Gasteiger partial charge in [-0.1, -0.05) is 97.6 Å². The SMILES string of the molecule is C=C(C)C(=O)OC(C)(C)C1CCC(CO)O1.C=C(C)C(=O)OC(C)(C)C1CCC(COC(C)=O)O1.C=C(C)C(=O)OC(C)(C)C1CCC(COC)O1.C=C(C)C(=O)OC(C)(C)c1ccc(COC)o1.C=C(C)C(=O)OC(c1ccco1)(C1CCCCC1)C1CCCCC1.C=C(C)C(=O)OC1(C2CCC(COC)O2)CCCC1.C=C(C)C(=O)OC1(C2CCC(COC)O2)CCCCC1.C=CC(=O)OC(C)(C)C1CCC(CO)O1. The van der Waals surface area contributed by atoms with Crippen molar-refractivity contribution >= 4 is 53.7 Å². The van der Waals surface area contributed by atoms with Gasteiger partial charge in [0.25, 0.3) is 0 Å². The molecule has 2 N–H and O–H groups in total. The monoisotopic (exact) mass is 2070 g/mol. The van der Waals surface area contributed by atoms with Crippen LogP contribution in [0, 0.1) is 11.8 Å². The molecule has 832 valence electrons. The average Bonchev–Trinajstić information content (AvgIpc) is 1.19. The number of methoxy groups -OCH3 is 4. The third-order valence-corrected chi connectivity index (χ3v) is 28.1. The number of hydrogen-bond acceptors (Lipinski definition) is 32. The number of aliphatic hydroxyl groups excluding tert-OH is 2. The van der Waals surface area contributed by atoms with Gasteiger partial charge in [-0.3, -0.25) is 4.79 Å². The van der Waals surface area contributed by atoms with Gasteiger partial charge in [-0.05, 0) is 296 Å². The van der Waals surface area contributed by atoms with Gasteiger partial charge in [0.15, 0.2) is 11.2 Å². The summed E-state index contributed by atoms with van der Waals surface area (Å²) in [4.78, 5) is 104. The zero-order valence-corrected chi connectivity index (χ0v) is 92.7. The van der Waals surface area contributed by atoms with Crippen LogP contribution in [0.1, 0.15) is 341 Å². The van der Waals surface area contributed by atoms with E-state index in [9.17, 15) is 43.2 Å². The fourth-order valence-corrected chi connectivity index (χ4v) is 19.8. The van der Waals surface area contributed by atoms with Crippen molar-refractivity contribution in [2.75, 3.05) is 68.1 Å². The number of carbonyl (C=O) groups excluding carboxylic acids is 9. The fraction of sp³-hybridized carbons (Fsp3) is 0.713. The molecule has 6 aliphatic heterocycles. The van der Waals surface area contributed by atoms with E-state index in [2.05, 4.69) is 52.6 Å². The molecule has 2 aromatic rings. The standard InChI is InChI=1S/C21H30O3.C16H26O4.C15H24O4.C14H22O5.C13H22O4.C13H18O4.C12H20O4.C11H18O4/c1-16(2)20(22)24-21(19-14-9-15-23-19,17-10-5-3-6-11-17)18-12-7-4-8-13-18;1-12(2)15(17)20-16(9-5-4-6-10-16)14-8-7-13(19-14)11-18-3;1-11(2)14(16)19-15(8-4-5-9-15)13-7-6-12(18-13)10-17-3;1-9(2)13(16)19-14(4,5)12-7-6-11(18-12)8-17-10(3)15;2*1-9(2)12(14)17-13(3,4)11-7-6-10(16-11)8-15-5;1-8(2)11(14)16-12(3,4)10-6-5-9(7-13)15-10;1-4-10(13)15-11(2,3)9-6-5-8(7-12)14-9/h9,14-15,17-18H,1,3-8,10-13H2,2H3;13-14H,1,4-11H2,2-3H3;12-13H,1,4-10H2,2-3H3;11-12H,1,6-8H2,2-5H3;10-11H,1,6-8H2,2-5H3;6-7H,1,8H2,2-5H3;9-10,13H,1,5-7H2,2-4H3;4,8-9,12H,1,5-7H2,2-3H3. The minimum absolute atomic E-state index is 0.00579. The minimum Gasteiger partial charge on any atom is -0.465 e. The van der Waals surface area contributed by atoms with Crippen LogP contribution in [-0.4, -0.2) is 239 Å². The maximum absolute atomic E-state index is 12.6. The smallest absolute Gasteiger partial charge is 0.334 e. The van der Waals surface area contributed by atoms with Crippen LogP contribution in [-0.2, 0) is 151 Å². The van der Waals surface area contributed by atoms with Crippen molar-refractivity contribution in [1.29, 1.82) is 0 Å². The molecular weight excluding hydrogens is 1890 g/mol. The van der Waals surface area contributed by atoms with Gasteiger partial charge in [0, 0.05) is 92.3 Å². The van der Waals surface area contributed by atoms with Gasteiger partial charge in [0.2, 0.25) is 0 Å². The largest absolute Gasteiger partial charge is 0.465 e. The van der Waals surface area contributed by atoms with Crippen LogP contribution >= 0.6 is 0 Å². The summed E-state index contributed by atoms with van der Waals surface area (Å²) < 4.78 is 116. The Kier molecular flexibility index (Phi) is 54.0. The molecule has 0 bridgehead atoms. The molecule has 10 fully saturated rings. The molecule has 6 saturated heterocycles. The molecule has 4 aliphatic carbocycles. The summed E-state index contributed by atoms with van der Waals surface area (Å²) in [5.41, 5.74) is -2.11. The summed E-state index contributed by atoms with van der Waals surface area (Å²) in [6.45, 7) is 62.3. The van der Waals surface area contributed by atoms with Crippen molar-refractivity contribution in [2.45, 2.75) is 448 Å². The Morgan fingerprint density at radius 1 is 0.361 bits per heavy atom. The maximum Gasteiger partial charge on any atom is 0.334 e. The number of hydrogen-bond donors (Lipinski definition) is 2. The second-order valence-electron chi connectivity index (χ2n) is 43.3. The van der Waals surface area contributed by atoms with E-state index in [4.69, 9.17) is 109 Å². The number of esters is 9. The number of carbonyl (C=O) groups is 9.